The minimum atomic E-state index is -0.855. The van der Waals surface area contributed by atoms with Gasteiger partial charge in [-0.2, -0.15) is 0 Å². The lowest BCUT2D eigenvalue weighted by atomic mass is 9.99. The average Bonchev–Trinajstić information content (AvgIpc) is 3.01. The van der Waals surface area contributed by atoms with Gasteiger partial charge in [-0.15, -0.1) is 12.4 Å². The third kappa shape index (κ3) is 5.21. The molecule has 1 heterocycles. The number of nitrogens with zero attached hydrogens (tertiary/aromatic N) is 1. The summed E-state index contributed by atoms with van der Waals surface area (Å²) in [6.45, 7) is 1.28. The zero-order valence-corrected chi connectivity index (χ0v) is 16.2. The molecular formula is C19H22BrClN2O2. The van der Waals surface area contributed by atoms with Crippen LogP contribution >= 0.6 is 28.3 Å². The average molecular weight is 426 g/mol. The topological polar surface area (TPSA) is 52.6 Å². The van der Waals surface area contributed by atoms with Gasteiger partial charge in [0, 0.05) is 17.1 Å². The van der Waals surface area contributed by atoms with Crippen LogP contribution in [0.15, 0.2) is 59.1 Å². The summed E-state index contributed by atoms with van der Waals surface area (Å²) in [6, 6.07) is 18.1. The van der Waals surface area contributed by atoms with Gasteiger partial charge in [0.05, 0.1) is 6.04 Å². The van der Waals surface area contributed by atoms with Crippen molar-refractivity contribution in [2.75, 3.05) is 6.54 Å². The number of halogens is 2. The first-order valence-electron chi connectivity index (χ1n) is 8.15. The summed E-state index contributed by atoms with van der Waals surface area (Å²) >= 11 is 3.50. The van der Waals surface area contributed by atoms with Gasteiger partial charge in [0.2, 0.25) is 0 Å². The highest BCUT2D eigenvalue weighted by Crippen LogP contribution is 2.22. The molecule has 2 aromatic rings. The Morgan fingerprint density at radius 1 is 1.16 bits per heavy atom. The van der Waals surface area contributed by atoms with Crippen molar-refractivity contribution in [2.45, 2.75) is 31.5 Å². The summed E-state index contributed by atoms with van der Waals surface area (Å²) in [4.78, 5) is 13.4. The van der Waals surface area contributed by atoms with Crippen molar-refractivity contribution in [3.8, 4) is 0 Å². The fourth-order valence-electron chi connectivity index (χ4n) is 3.36. The fourth-order valence-corrected chi connectivity index (χ4v) is 3.81. The van der Waals surface area contributed by atoms with Crippen molar-refractivity contribution in [3.63, 3.8) is 0 Å². The van der Waals surface area contributed by atoms with Gasteiger partial charge in [-0.1, -0.05) is 58.4 Å². The number of hydrogen-bond acceptors (Lipinski definition) is 2. The molecule has 6 heteroatoms. The molecule has 0 radical (unpaired) electrons. The van der Waals surface area contributed by atoms with Gasteiger partial charge in [-0.3, -0.25) is 4.90 Å². The minimum Gasteiger partial charge on any atom is -0.465 e. The van der Waals surface area contributed by atoms with Crippen molar-refractivity contribution in [3.05, 3.63) is 70.2 Å². The predicted octanol–water partition coefficient (Wildman–Crippen LogP) is 4.32. The molecule has 0 bridgehead atoms. The van der Waals surface area contributed by atoms with E-state index in [0.717, 1.165) is 29.4 Å². The van der Waals surface area contributed by atoms with Crippen LogP contribution in [0.2, 0.25) is 0 Å². The van der Waals surface area contributed by atoms with E-state index in [1.165, 1.54) is 5.56 Å². The number of nitrogens with one attached hydrogen (secondary N) is 1. The monoisotopic (exact) mass is 424 g/mol. The molecule has 1 aliphatic heterocycles. The SMILES string of the molecule is Cl.O=C(O)N(Cc1ccccc1)[C@H]1CCN[C@H]1Cc1cccc(Br)c1. The Kier molecular flexibility index (Phi) is 7.29. The molecule has 2 aromatic carbocycles. The van der Waals surface area contributed by atoms with Crippen LogP contribution in [0.25, 0.3) is 0 Å². The lowest BCUT2D eigenvalue weighted by molar-refractivity contribution is 0.115. The van der Waals surface area contributed by atoms with Crippen LogP contribution in [0.4, 0.5) is 4.79 Å². The molecule has 25 heavy (non-hydrogen) atoms. The number of benzene rings is 2. The van der Waals surface area contributed by atoms with Gasteiger partial charge < -0.3 is 10.4 Å². The van der Waals surface area contributed by atoms with E-state index in [9.17, 15) is 9.90 Å². The number of hydrogen-bond donors (Lipinski definition) is 2. The molecule has 3 rings (SSSR count). The Morgan fingerprint density at radius 3 is 2.56 bits per heavy atom. The maximum atomic E-state index is 11.8. The van der Waals surface area contributed by atoms with Crippen molar-refractivity contribution >= 4 is 34.4 Å². The highest BCUT2D eigenvalue weighted by Gasteiger charge is 2.34. The number of carbonyl (C=O) groups is 1. The molecule has 4 nitrogen and oxygen atoms in total. The molecule has 2 N–H and O–H groups in total. The summed E-state index contributed by atoms with van der Waals surface area (Å²) in [5.74, 6) is 0. The zero-order chi connectivity index (χ0) is 16.9. The van der Waals surface area contributed by atoms with E-state index in [1.54, 1.807) is 4.90 Å². The van der Waals surface area contributed by atoms with E-state index in [0.29, 0.717) is 6.54 Å². The Hall–Kier alpha value is -1.56. The second-order valence-corrected chi connectivity index (χ2v) is 7.06. The third-order valence-electron chi connectivity index (χ3n) is 4.50. The number of rotatable bonds is 5. The van der Waals surface area contributed by atoms with Crippen molar-refractivity contribution < 1.29 is 9.90 Å². The third-order valence-corrected chi connectivity index (χ3v) is 4.99. The van der Waals surface area contributed by atoms with Crippen LogP contribution < -0.4 is 5.32 Å². The molecule has 1 aliphatic rings. The van der Waals surface area contributed by atoms with Crippen molar-refractivity contribution in [1.82, 2.24) is 10.2 Å². The summed E-state index contributed by atoms with van der Waals surface area (Å²) in [6.07, 6.45) is 0.812. The van der Waals surface area contributed by atoms with Gasteiger partial charge in [0.25, 0.3) is 0 Å². The molecule has 0 aromatic heterocycles. The van der Waals surface area contributed by atoms with E-state index < -0.39 is 6.09 Å². The van der Waals surface area contributed by atoms with Gasteiger partial charge in [0.15, 0.2) is 0 Å². The maximum Gasteiger partial charge on any atom is 0.407 e. The highest BCUT2D eigenvalue weighted by atomic mass is 79.9. The Labute approximate surface area is 162 Å². The van der Waals surface area contributed by atoms with Gasteiger partial charge >= 0.3 is 6.09 Å². The molecule has 1 fully saturated rings. The second-order valence-electron chi connectivity index (χ2n) is 6.15. The minimum absolute atomic E-state index is 0. The van der Waals surface area contributed by atoms with E-state index in [4.69, 9.17) is 0 Å². The fraction of sp³-hybridized carbons (Fsp3) is 0.316. The first-order chi connectivity index (χ1) is 11.6. The van der Waals surface area contributed by atoms with Crippen LogP contribution in [-0.2, 0) is 13.0 Å². The van der Waals surface area contributed by atoms with Crippen LogP contribution in [0.1, 0.15) is 17.5 Å². The molecular weight excluding hydrogens is 404 g/mol. The van der Waals surface area contributed by atoms with Crippen LogP contribution in [0.3, 0.4) is 0 Å². The highest BCUT2D eigenvalue weighted by molar-refractivity contribution is 9.10. The molecule has 0 unspecified atom stereocenters. The van der Waals surface area contributed by atoms with Crippen LogP contribution in [0, 0.1) is 0 Å². The van der Waals surface area contributed by atoms with E-state index >= 15 is 0 Å². The largest absolute Gasteiger partial charge is 0.465 e. The van der Waals surface area contributed by atoms with E-state index in [-0.39, 0.29) is 24.5 Å². The lowest BCUT2D eigenvalue weighted by Crippen LogP contribution is -2.47. The molecule has 1 amide bonds. The Bertz CT molecular complexity index is 699. The van der Waals surface area contributed by atoms with Crippen LogP contribution in [0.5, 0.6) is 0 Å². The predicted molar refractivity (Wildman–Crippen MR) is 105 cm³/mol. The second kappa shape index (κ2) is 9.22. The quantitative estimate of drug-likeness (QED) is 0.750. The number of carboxylic acid groups (broad SMARTS) is 1. The molecule has 1 saturated heterocycles. The van der Waals surface area contributed by atoms with E-state index in [1.807, 2.05) is 42.5 Å². The van der Waals surface area contributed by atoms with Gasteiger partial charge in [0.1, 0.15) is 0 Å². The van der Waals surface area contributed by atoms with Gasteiger partial charge in [-0.25, -0.2) is 4.79 Å². The summed E-state index contributed by atoms with van der Waals surface area (Å²) < 4.78 is 1.05. The van der Waals surface area contributed by atoms with Crippen molar-refractivity contribution in [1.29, 1.82) is 0 Å². The zero-order valence-electron chi connectivity index (χ0n) is 13.8. The summed E-state index contributed by atoms with van der Waals surface area (Å²) in [5, 5.41) is 13.2. The molecule has 0 spiro atoms. The first-order valence-corrected chi connectivity index (χ1v) is 8.94. The Morgan fingerprint density at radius 2 is 1.88 bits per heavy atom. The first kappa shape index (κ1) is 19.8. The smallest absolute Gasteiger partial charge is 0.407 e. The van der Waals surface area contributed by atoms with Gasteiger partial charge in [-0.05, 0) is 42.6 Å². The molecule has 0 aliphatic carbocycles. The molecule has 0 saturated carbocycles. The van der Waals surface area contributed by atoms with E-state index in [2.05, 4.69) is 33.4 Å². The normalized spacial score (nSPS) is 19.2. The lowest BCUT2D eigenvalue weighted by Gasteiger charge is -2.31. The Balaban J connectivity index is 0.00000225. The summed E-state index contributed by atoms with van der Waals surface area (Å²) in [5.41, 5.74) is 2.23. The van der Waals surface area contributed by atoms with Crippen molar-refractivity contribution in [2.24, 2.45) is 0 Å². The molecule has 2 atom stereocenters. The number of amides is 1. The maximum absolute atomic E-state index is 11.8. The molecule has 134 valence electrons. The van der Waals surface area contributed by atoms with Crippen LogP contribution in [-0.4, -0.2) is 34.7 Å². The standard InChI is InChI=1S/C19H21BrN2O2.ClH/c20-16-8-4-7-15(11-16)12-17-18(9-10-21-17)22(19(23)24)13-14-5-2-1-3-6-14;/h1-8,11,17-18,21H,9-10,12-13H2,(H,23,24);1H/t17-,18-;/m0./s1. The summed E-state index contributed by atoms with van der Waals surface area (Å²) in [7, 11) is 0.